The van der Waals surface area contributed by atoms with Gasteiger partial charge >= 0.3 is 0 Å². The van der Waals surface area contributed by atoms with E-state index in [0.717, 1.165) is 29.6 Å². The van der Waals surface area contributed by atoms with Gasteiger partial charge in [-0.05, 0) is 47.8 Å². The molecule has 0 aliphatic heterocycles. The van der Waals surface area contributed by atoms with Crippen LogP contribution in [0.3, 0.4) is 0 Å². The van der Waals surface area contributed by atoms with E-state index in [9.17, 15) is 0 Å². The standard InChI is InChI=1S/C18H38/c1-10-18(8,9)17(7)16(6)15(5)12-14(4)11-13(2)3/h13-17H,10-12H2,1-9H3. The van der Waals surface area contributed by atoms with Gasteiger partial charge in [0.2, 0.25) is 0 Å². The van der Waals surface area contributed by atoms with Gasteiger partial charge in [-0.1, -0.05) is 68.7 Å². The van der Waals surface area contributed by atoms with Crippen LogP contribution in [-0.4, -0.2) is 0 Å². The molecule has 0 saturated heterocycles. The van der Waals surface area contributed by atoms with Crippen molar-refractivity contribution in [3.8, 4) is 0 Å². The maximum Gasteiger partial charge on any atom is -0.0329 e. The first-order chi connectivity index (χ1) is 8.11. The second-order valence-corrected chi connectivity index (χ2v) is 7.94. The van der Waals surface area contributed by atoms with Crippen LogP contribution in [0.2, 0.25) is 0 Å². The lowest BCUT2D eigenvalue weighted by molar-refractivity contribution is 0.112. The molecule has 0 saturated carbocycles. The van der Waals surface area contributed by atoms with Crippen LogP contribution < -0.4 is 0 Å². The predicted octanol–water partition coefficient (Wildman–Crippen LogP) is 6.40. The lowest BCUT2D eigenvalue weighted by atomic mass is 9.67. The Morgan fingerprint density at radius 2 is 1.33 bits per heavy atom. The third-order valence-electron chi connectivity index (χ3n) is 5.48. The lowest BCUT2D eigenvalue weighted by Crippen LogP contribution is -2.30. The van der Waals surface area contributed by atoms with Gasteiger partial charge in [0.1, 0.15) is 0 Å². The minimum atomic E-state index is 0.481. The fraction of sp³-hybridized carbons (Fsp3) is 1.00. The molecule has 0 aliphatic rings. The van der Waals surface area contributed by atoms with E-state index in [4.69, 9.17) is 0 Å². The van der Waals surface area contributed by atoms with Crippen molar-refractivity contribution in [2.75, 3.05) is 0 Å². The molecule has 4 unspecified atom stereocenters. The largest absolute Gasteiger partial charge is 0.0649 e. The van der Waals surface area contributed by atoms with E-state index < -0.39 is 0 Å². The van der Waals surface area contributed by atoms with Gasteiger partial charge in [-0.2, -0.15) is 0 Å². The molecule has 4 atom stereocenters. The molecule has 0 fully saturated rings. The molecule has 0 aliphatic carbocycles. The molecular formula is C18H38. The molecular weight excluding hydrogens is 216 g/mol. The first kappa shape index (κ1) is 18.0. The Kier molecular flexibility index (Phi) is 7.56. The first-order valence-electron chi connectivity index (χ1n) is 8.11. The highest BCUT2D eigenvalue weighted by Gasteiger charge is 2.31. The van der Waals surface area contributed by atoms with Crippen LogP contribution in [0.4, 0.5) is 0 Å². The zero-order chi connectivity index (χ0) is 14.5. The van der Waals surface area contributed by atoms with Gasteiger partial charge in [-0.25, -0.2) is 0 Å². The number of hydrogen-bond acceptors (Lipinski definition) is 0. The Labute approximate surface area is 117 Å². The van der Waals surface area contributed by atoms with Gasteiger partial charge in [-0.15, -0.1) is 0 Å². The summed E-state index contributed by atoms with van der Waals surface area (Å²) in [7, 11) is 0. The third kappa shape index (κ3) is 5.76. The minimum absolute atomic E-state index is 0.481. The molecule has 110 valence electrons. The van der Waals surface area contributed by atoms with E-state index >= 15 is 0 Å². The maximum atomic E-state index is 2.47. The molecule has 18 heavy (non-hydrogen) atoms. The average molecular weight is 255 g/mol. The van der Waals surface area contributed by atoms with Crippen LogP contribution in [0.15, 0.2) is 0 Å². The summed E-state index contributed by atoms with van der Waals surface area (Å²) in [5, 5.41) is 0. The molecule has 0 aromatic heterocycles. The molecule has 0 aromatic carbocycles. The van der Waals surface area contributed by atoms with Crippen molar-refractivity contribution in [1.29, 1.82) is 0 Å². The molecule has 0 radical (unpaired) electrons. The second-order valence-electron chi connectivity index (χ2n) is 7.94. The van der Waals surface area contributed by atoms with Gasteiger partial charge in [0.05, 0.1) is 0 Å². The van der Waals surface area contributed by atoms with Crippen molar-refractivity contribution in [2.45, 2.75) is 81.6 Å². The van der Waals surface area contributed by atoms with E-state index in [2.05, 4.69) is 62.3 Å². The van der Waals surface area contributed by atoms with Crippen molar-refractivity contribution in [1.82, 2.24) is 0 Å². The molecule has 0 amide bonds. The summed E-state index contributed by atoms with van der Waals surface area (Å²) in [6.07, 6.45) is 4.05. The SMILES string of the molecule is CCC(C)(C)C(C)C(C)C(C)CC(C)CC(C)C. The first-order valence-corrected chi connectivity index (χ1v) is 8.11. The molecule has 0 N–H and O–H groups in total. The molecule has 0 heteroatoms. The van der Waals surface area contributed by atoms with Crippen LogP contribution in [0.5, 0.6) is 0 Å². The molecule has 0 heterocycles. The Morgan fingerprint density at radius 1 is 0.833 bits per heavy atom. The van der Waals surface area contributed by atoms with Crippen LogP contribution in [-0.2, 0) is 0 Å². The van der Waals surface area contributed by atoms with E-state index in [1.807, 2.05) is 0 Å². The predicted molar refractivity (Wildman–Crippen MR) is 84.8 cm³/mol. The van der Waals surface area contributed by atoms with E-state index in [-0.39, 0.29) is 0 Å². The monoisotopic (exact) mass is 254 g/mol. The molecule has 0 aromatic rings. The van der Waals surface area contributed by atoms with Crippen molar-refractivity contribution in [3.63, 3.8) is 0 Å². The molecule has 0 nitrogen and oxygen atoms in total. The Bertz CT molecular complexity index is 214. The topological polar surface area (TPSA) is 0 Å². The summed E-state index contributed by atoms with van der Waals surface area (Å²) in [5.74, 6) is 4.20. The van der Waals surface area contributed by atoms with Gasteiger partial charge in [-0.3, -0.25) is 0 Å². The Hall–Kier alpha value is 0. The quantitative estimate of drug-likeness (QED) is 0.470. The van der Waals surface area contributed by atoms with Gasteiger partial charge in [0.15, 0.2) is 0 Å². The summed E-state index contributed by atoms with van der Waals surface area (Å²) < 4.78 is 0. The molecule has 0 bridgehead atoms. The third-order valence-corrected chi connectivity index (χ3v) is 5.48. The van der Waals surface area contributed by atoms with Gasteiger partial charge < -0.3 is 0 Å². The van der Waals surface area contributed by atoms with E-state index in [1.165, 1.54) is 19.3 Å². The van der Waals surface area contributed by atoms with Crippen molar-refractivity contribution >= 4 is 0 Å². The number of rotatable bonds is 8. The summed E-state index contributed by atoms with van der Waals surface area (Å²) in [4.78, 5) is 0. The van der Waals surface area contributed by atoms with Crippen LogP contribution in [0.1, 0.15) is 81.6 Å². The fourth-order valence-corrected chi connectivity index (χ4v) is 3.28. The zero-order valence-corrected chi connectivity index (χ0v) is 14.5. The highest BCUT2D eigenvalue weighted by molar-refractivity contribution is 4.81. The summed E-state index contributed by atoms with van der Waals surface area (Å²) in [6.45, 7) is 21.7. The lowest BCUT2D eigenvalue weighted by Gasteiger charge is -2.38. The second kappa shape index (κ2) is 7.56. The van der Waals surface area contributed by atoms with Crippen LogP contribution in [0, 0.1) is 35.0 Å². The van der Waals surface area contributed by atoms with Crippen molar-refractivity contribution < 1.29 is 0 Å². The van der Waals surface area contributed by atoms with E-state index in [0.29, 0.717) is 5.41 Å². The highest BCUT2D eigenvalue weighted by atomic mass is 14.4. The van der Waals surface area contributed by atoms with Crippen molar-refractivity contribution in [2.24, 2.45) is 35.0 Å². The normalized spacial score (nSPS) is 19.7. The Balaban J connectivity index is 4.37. The van der Waals surface area contributed by atoms with Gasteiger partial charge in [0, 0.05) is 0 Å². The van der Waals surface area contributed by atoms with Crippen molar-refractivity contribution in [3.05, 3.63) is 0 Å². The molecule has 0 spiro atoms. The fourth-order valence-electron chi connectivity index (χ4n) is 3.28. The molecule has 0 rings (SSSR count). The smallest absolute Gasteiger partial charge is 0.0329 e. The minimum Gasteiger partial charge on any atom is -0.0649 e. The van der Waals surface area contributed by atoms with E-state index in [1.54, 1.807) is 0 Å². The zero-order valence-electron chi connectivity index (χ0n) is 14.5. The summed E-state index contributed by atoms with van der Waals surface area (Å²) in [6, 6.07) is 0. The average Bonchev–Trinajstić information content (AvgIpc) is 2.25. The summed E-state index contributed by atoms with van der Waals surface area (Å²) >= 11 is 0. The highest BCUT2D eigenvalue weighted by Crippen LogP contribution is 2.40. The Morgan fingerprint density at radius 3 is 1.72 bits per heavy atom. The van der Waals surface area contributed by atoms with Crippen LogP contribution >= 0.6 is 0 Å². The van der Waals surface area contributed by atoms with Gasteiger partial charge in [0.25, 0.3) is 0 Å². The van der Waals surface area contributed by atoms with Crippen LogP contribution in [0.25, 0.3) is 0 Å². The number of hydrogen-bond donors (Lipinski definition) is 0. The summed E-state index contributed by atoms with van der Waals surface area (Å²) in [5.41, 5.74) is 0.481. The maximum absolute atomic E-state index is 2.47.